The van der Waals surface area contributed by atoms with Gasteiger partial charge in [0, 0.05) is 0 Å². The third-order valence-electron chi connectivity index (χ3n) is 2.02. The van der Waals surface area contributed by atoms with E-state index in [9.17, 15) is 9.90 Å². The minimum absolute atomic E-state index is 0.0510. The van der Waals surface area contributed by atoms with E-state index < -0.39 is 5.91 Å². The van der Waals surface area contributed by atoms with Crippen LogP contribution in [0, 0.1) is 0 Å². The van der Waals surface area contributed by atoms with E-state index in [-0.39, 0.29) is 29.4 Å². The fourth-order valence-electron chi connectivity index (χ4n) is 1.17. The SMILES string of the molecule is COc1cccc(C(=O)NC/C(N)=N/O)c1O. The minimum atomic E-state index is -0.548. The van der Waals surface area contributed by atoms with Gasteiger partial charge in [-0.2, -0.15) is 0 Å². The third-order valence-corrected chi connectivity index (χ3v) is 2.02. The number of amides is 1. The number of carbonyl (C=O) groups excluding carboxylic acids is 1. The molecule has 1 amide bonds. The van der Waals surface area contributed by atoms with Crippen LogP contribution in [0.5, 0.6) is 11.5 Å². The smallest absolute Gasteiger partial charge is 0.255 e. The van der Waals surface area contributed by atoms with Crippen molar-refractivity contribution in [2.24, 2.45) is 10.9 Å². The number of oxime groups is 1. The summed E-state index contributed by atoms with van der Waals surface area (Å²) in [5, 5.41) is 23.1. The van der Waals surface area contributed by atoms with E-state index in [2.05, 4.69) is 10.5 Å². The molecule has 0 saturated heterocycles. The number of nitrogens with zero attached hydrogens (tertiary/aromatic N) is 1. The molecule has 0 aromatic heterocycles. The fraction of sp³-hybridized carbons (Fsp3) is 0.200. The van der Waals surface area contributed by atoms with Gasteiger partial charge in [0.15, 0.2) is 17.3 Å². The van der Waals surface area contributed by atoms with Crippen molar-refractivity contribution in [3.63, 3.8) is 0 Å². The molecule has 0 atom stereocenters. The molecule has 1 rings (SSSR count). The Labute approximate surface area is 97.5 Å². The highest BCUT2D eigenvalue weighted by Gasteiger charge is 2.14. The maximum absolute atomic E-state index is 11.6. The topological polar surface area (TPSA) is 117 Å². The number of nitrogens with two attached hydrogens (primary N) is 1. The molecule has 0 aliphatic carbocycles. The number of aromatic hydroxyl groups is 1. The zero-order valence-electron chi connectivity index (χ0n) is 9.17. The Morgan fingerprint density at radius 1 is 1.59 bits per heavy atom. The van der Waals surface area contributed by atoms with Crippen LogP contribution in [0.1, 0.15) is 10.4 Å². The van der Waals surface area contributed by atoms with Gasteiger partial charge in [-0.1, -0.05) is 11.2 Å². The molecule has 0 saturated carbocycles. The number of carbonyl (C=O) groups is 1. The van der Waals surface area contributed by atoms with Gasteiger partial charge >= 0.3 is 0 Å². The molecular formula is C10H13N3O4. The molecule has 0 fully saturated rings. The molecule has 0 radical (unpaired) electrons. The van der Waals surface area contributed by atoms with Gasteiger partial charge in [-0.15, -0.1) is 0 Å². The van der Waals surface area contributed by atoms with Crippen LogP contribution in [-0.2, 0) is 0 Å². The number of phenolic OH excluding ortho intramolecular Hbond substituents is 1. The number of rotatable bonds is 4. The fourth-order valence-corrected chi connectivity index (χ4v) is 1.17. The van der Waals surface area contributed by atoms with E-state index in [0.717, 1.165) is 0 Å². The van der Waals surface area contributed by atoms with E-state index >= 15 is 0 Å². The molecule has 0 unspecified atom stereocenters. The van der Waals surface area contributed by atoms with E-state index in [0.29, 0.717) is 0 Å². The summed E-state index contributed by atoms with van der Waals surface area (Å²) in [7, 11) is 1.38. The lowest BCUT2D eigenvalue weighted by molar-refractivity contribution is 0.0955. The molecule has 5 N–H and O–H groups in total. The van der Waals surface area contributed by atoms with Crippen LogP contribution in [0.15, 0.2) is 23.4 Å². The summed E-state index contributed by atoms with van der Waals surface area (Å²) >= 11 is 0. The molecule has 1 aromatic carbocycles. The number of amidine groups is 1. The number of nitrogens with one attached hydrogen (secondary N) is 1. The van der Waals surface area contributed by atoms with Gasteiger partial charge in [0.25, 0.3) is 5.91 Å². The number of hydrogen-bond acceptors (Lipinski definition) is 5. The number of benzene rings is 1. The lowest BCUT2D eigenvalue weighted by atomic mass is 10.1. The van der Waals surface area contributed by atoms with E-state index in [1.54, 1.807) is 6.07 Å². The lowest BCUT2D eigenvalue weighted by Crippen LogP contribution is -2.33. The number of methoxy groups -OCH3 is 1. The van der Waals surface area contributed by atoms with Crippen molar-refractivity contribution in [3.8, 4) is 11.5 Å². The summed E-state index contributed by atoms with van der Waals surface area (Å²) in [6.45, 7) is -0.119. The van der Waals surface area contributed by atoms with Gasteiger partial charge in [-0.3, -0.25) is 4.79 Å². The van der Waals surface area contributed by atoms with Crippen LogP contribution >= 0.6 is 0 Å². The Bertz CT molecular complexity index is 445. The predicted molar refractivity (Wildman–Crippen MR) is 60.4 cm³/mol. The summed E-state index contributed by atoms with van der Waals surface area (Å²) < 4.78 is 4.86. The molecule has 0 heterocycles. The summed E-state index contributed by atoms with van der Waals surface area (Å²) in [6.07, 6.45) is 0. The minimum Gasteiger partial charge on any atom is -0.504 e. The van der Waals surface area contributed by atoms with Crippen molar-refractivity contribution < 1.29 is 19.8 Å². The summed E-state index contributed by atoms with van der Waals surface area (Å²) in [5.41, 5.74) is 5.24. The van der Waals surface area contributed by atoms with Gasteiger partial charge in [0.05, 0.1) is 19.2 Å². The zero-order valence-corrected chi connectivity index (χ0v) is 9.17. The number of hydrogen-bond donors (Lipinski definition) is 4. The Kier molecular flexibility index (Phi) is 4.15. The van der Waals surface area contributed by atoms with Crippen molar-refractivity contribution in [3.05, 3.63) is 23.8 Å². The van der Waals surface area contributed by atoms with Crippen LogP contribution < -0.4 is 15.8 Å². The third kappa shape index (κ3) is 3.00. The quantitative estimate of drug-likeness (QED) is 0.253. The first-order valence-corrected chi connectivity index (χ1v) is 4.70. The first-order valence-electron chi connectivity index (χ1n) is 4.70. The second kappa shape index (κ2) is 5.59. The molecule has 17 heavy (non-hydrogen) atoms. The Balaban J connectivity index is 2.82. The van der Waals surface area contributed by atoms with Crippen LogP contribution in [0.3, 0.4) is 0 Å². The Hall–Kier alpha value is -2.44. The van der Waals surface area contributed by atoms with E-state index in [1.165, 1.54) is 19.2 Å². The Morgan fingerprint density at radius 3 is 2.88 bits per heavy atom. The maximum atomic E-state index is 11.6. The Morgan fingerprint density at radius 2 is 2.29 bits per heavy atom. The lowest BCUT2D eigenvalue weighted by Gasteiger charge is -2.08. The van der Waals surface area contributed by atoms with Crippen molar-refractivity contribution in [2.45, 2.75) is 0 Å². The van der Waals surface area contributed by atoms with Crippen molar-refractivity contribution in [1.82, 2.24) is 5.32 Å². The molecule has 7 nitrogen and oxygen atoms in total. The average molecular weight is 239 g/mol. The summed E-state index contributed by atoms with van der Waals surface area (Å²) in [4.78, 5) is 11.6. The van der Waals surface area contributed by atoms with Crippen molar-refractivity contribution >= 4 is 11.7 Å². The number of phenols is 1. The van der Waals surface area contributed by atoms with Gasteiger partial charge in [0.1, 0.15) is 0 Å². The molecule has 92 valence electrons. The zero-order chi connectivity index (χ0) is 12.8. The first-order chi connectivity index (χ1) is 8.10. The summed E-state index contributed by atoms with van der Waals surface area (Å²) in [6, 6.07) is 4.52. The monoisotopic (exact) mass is 239 g/mol. The van der Waals surface area contributed by atoms with Crippen LogP contribution in [0.25, 0.3) is 0 Å². The molecule has 0 bridgehead atoms. The molecule has 0 aliphatic heterocycles. The van der Waals surface area contributed by atoms with Crippen molar-refractivity contribution in [1.29, 1.82) is 0 Å². The first kappa shape index (κ1) is 12.6. The van der Waals surface area contributed by atoms with Crippen molar-refractivity contribution in [2.75, 3.05) is 13.7 Å². The molecular weight excluding hydrogens is 226 g/mol. The van der Waals surface area contributed by atoms with Gasteiger partial charge in [0.2, 0.25) is 0 Å². The summed E-state index contributed by atoms with van der Waals surface area (Å²) in [5.74, 6) is -0.748. The van der Waals surface area contributed by atoms with E-state index in [1.807, 2.05) is 0 Å². The van der Waals surface area contributed by atoms with Gasteiger partial charge < -0.3 is 26.1 Å². The predicted octanol–water partition coefficient (Wildman–Crippen LogP) is -0.123. The second-order valence-electron chi connectivity index (χ2n) is 3.13. The standard InChI is InChI=1S/C10H13N3O4/c1-17-7-4-2-3-6(9(7)14)10(15)12-5-8(11)13-16/h2-4,14,16H,5H2,1H3,(H2,11,13)(H,12,15). The van der Waals surface area contributed by atoms with Gasteiger partial charge in [-0.25, -0.2) is 0 Å². The van der Waals surface area contributed by atoms with Gasteiger partial charge in [-0.05, 0) is 12.1 Å². The molecule has 0 aliphatic rings. The van der Waals surface area contributed by atoms with Crippen LogP contribution in [0.4, 0.5) is 0 Å². The highest BCUT2D eigenvalue weighted by Crippen LogP contribution is 2.28. The number of para-hydroxylation sites is 1. The van der Waals surface area contributed by atoms with Crippen LogP contribution in [-0.4, -0.2) is 35.7 Å². The molecule has 1 aromatic rings. The average Bonchev–Trinajstić information content (AvgIpc) is 2.35. The van der Waals surface area contributed by atoms with E-state index in [4.69, 9.17) is 15.7 Å². The largest absolute Gasteiger partial charge is 0.504 e. The van der Waals surface area contributed by atoms with Crippen LogP contribution in [0.2, 0.25) is 0 Å². The number of ether oxygens (including phenoxy) is 1. The normalized spacial score (nSPS) is 11.0. The maximum Gasteiger partial charge on any atom is 0.255 e. The molecule has 0 spiro atoms. The highest BCUT2D eigenvalue weighted by atomic mass is 16.5. The second-order valence-corrected chi connectivity index (χ2v) is 3.13. The highest BCUT2D eigenvalue weighted by molar-refractivity contribution is 5.99. The molecule has 7 heteroatoms.